The molecule has 0 fully saturated rings. The fourth-order valence-corrected chi connectivity index (χ4v) is 1.57. The second kappa shape index (κ2) is 6.27. The Morgan fingerprint density at radius 1 is 1.07 bits per heavy atom. The highest BCUT2D eigenvalue weighted by molar-refractivity contribution is 4.61. The first kappa shape index (κ1) is 11.8. The molecule has 1 aromatic rings. The molecule has 86 valence electrons. The number of hydrogen-bond acceptors (Lipinski definition) is 2. The van der Waals surface area contributed by atoms with Crippen molar-refractivity contribution in [2.75, 3.05) is 0 Å². The Balaban J connectivity index is 2.18. The van der Waals surface area contributed by atoms with Gasteiger partial charge in [-0.05, 0) is 6.42 Å². The highest BCUT2D eigenvalue weighted by Gasteiger charge is 1.98. The topological polar surface area (TPSA) is 70.7 Å². The molecular formula is C10H19N3O2. The van der Waals surface area contributed by atoms with Crippen LogP contribution >= 0.6 is 0 Å². The predicted octanol–water partition coefficient (Wildman–Crippen LogP) is 1.23. The fraction of sp³-hybridized carbons (Fsp3) is 0.800. The lowest BCUT2D eigenvalue weighted by Crippen LogP contribution is -2.18. The second-order valence-corrected chi connectivity index (χ2v) is 3.79. The van der Waals surface area contributed by atoms with Gasteiger partial charge in [0.25, 0.3) is 0 Å². The van der Waals surface area contributed by atoms with Gasteiger partial charge in [-0.25, -0.2) is 19.4 Å². The van der Waals surface area contributed by atoms with Crippen LogP contribution in [0.3, 0.4) is 0 Å². The van der Waals surface area contributed by atoms with E-state index in [1.54, 1.807) is 0 Å². The van der Waals surface area contributed by atoms with E-state index in [0.717, 1.165) is 12.8 Å². The number of aryl methyl sites for hydroxylation is 1. The number of H-pyrrole nitrogens is 2. The van der Waals surface area contributed by atoms with E-state index in [0.29, 0.717) is 6.54 Å². The third-order valence-corrected chi connectivity index (χ3v) is 2.44. The van der Waals surface area contributed by atoms with E-state index in [-0.39, 0.29) is 5.69 Å². The van der Waals surface area contributed by atoms with E-state index in [9.17, 15) is 9.59 Å². The van der Waals surface area contributed by atoms with Gasteiger partial charge in [-0.2, -0.15) is 0 Å². The first-order valence-corrected chi connectivity index (χ1v) is 5.63. The van der Waals surface area contributed by atoms with Crippen molar-refractivity contribution in [2.24, 2.45) is 0 Å². The summed E-state index contributed by atoms with van der Waals surface area (Å²) in [7, 11) is 0. The van der Waals surface area contributed by atoms with Gasteiger partial charge >= 0.3 is 11.4 Å². The molecule has 0 aliphatic rings. The monoisotopic (exact) mass is 213 g/mol. The van der Waals surface area contributed by atoms with Gasteiger partial charge in [0.1, 0.15) is 0 Å². The Hall–Kier alpha value is -1.26. The van der Waals surface area contributed by atoms with Crippen molar-refractivity contribution in [3.63, 3.8) is 0 Å². The molecule has 2 N–H and O–H groups in total. The van der Waals surface area contributed by atoms with Crippen molar-refractivity contribution >= 4 is 0 Å². The zero-order valence-electron chi connectivity index (χ0n) is 9.21. The molecule has 1 rings (SSSR count). The standard InChI is InChI=1S/C10H19N3O2/c1-2-3-4-5-6-7-8-13-10(15)11-9(14)12-13/h2-8H2,1H3,(H2,11,12,14,15). The molecule has 1 heterocycles. The highest BCUT2D eigenvalue weighted by atomic mass is 16.2. The minimum atomic E-state index is -0.425. The zero-order chi connectivity index (χ0) is 11.1. The van der Waals surface area contributed by atoms with Gasteiger partial charge in [0.15, 0.2) is 0 Å². The van der Waals surface area contributed by atoms with Crippen LogP contribution in [0.1, 0.15) is 45.4 Å². The van der Waals surface area contributed by atoms with E-state index in [1.807, 2.05) is 0 Å². The molecule has 0 radical (unpaired) electrons. The summed E-state index contributed by atoms with van der Waals surface area (Å²) in [6.45, 7) is 2.79. The van der Waals surface area contributed by atoms with Gasteiger partial charge in [0.05, 0.1) is 0 Å². The van der Waals surface area contributed by atoms with Gasteiger partial charge < -0.3 is 0 Å². The quantitative estimate of drug-likeness (QED) is 0.669. The van der Waals surface area contributed by atoms with Crippen LogP contribution in [0.5, 0.6) is 0 Å². The number of nitrogens with one attached hydrogen (secondary N) is 2. The lowest BCUT2D eigenvalue weighted by Gasteiger charge is -2.00. The summed E-state index contributed by atoms with van der Waals surface area (Å²) in [6.07, 6.45) is 7.04. The molecule has 15 heavy (non-hydrogen) atoms. The summed E-state index contributed by atoms with van der Waals surface area (Å²) in [6, 6.07) is 0. The maximum Gasteiger partial charge on any atom is 0.344 e. The summed E-state index contributed by atoms with van der Waals surface area (Å²) in [4.78, 5) is 24.0. The molecule has 0 aliphatic carbocycles. The van der Waals surface area contributed by atoms with E-state index >= 15 is 0 Å². The van der Waals surface area contributed by atoms with Crippen LogP contribution < -0.4 is 11.4 Å². The highest BCUT2D eigenvalue weighted by Crippen LogP contribution is 2.04. The van der Waals surface area contributed by atoms with Crippen LogP contribution in [-0.4, -0.2) is 14.8 Å². The minimum Gasteiger partial charge on any atom is -0.257 e. The molecule has 0 bridgehead atoms. The van der Waals surface area contributed by atoms with Crippen LogP contribution in [0.2, 0.25) is 0 Å². The Bertz CT molecular complexity index is 375. The van der Waals surface area contributed by atoms with Crippen LogP contribution in [0.25, 0.3) is 0 Å². The van der Waals surface area contributed by atoms with Gasteiger partial charge in [-0.1, -0.05) is 39.0 Å². The van der Waals surface area contributed by atoms with E-state index < -0.39 is 5.69 Å². The minimum absolute atomic E-state index is 0.339. The number of aromatic amines is 2. The molecule has 0 spiro atoms. The lowest BCUT2D eigenvalue weighted by molar-refractivity contribution is 0.515. The number of aromatic nitrogens is 3. The van der Waals surface area contributed by atoms with E-state index in [1.165, 1.54) is 30.4 Å². The van der Waals surface area contributed by atoms with Gasteiger partial charge in [-0.3, -0.25) is 4.98 Å². The molecule has 5 nitrogen and oxygen atoms in total. The lowest BCUT2D eigenvalue weighted by atomic mass is 10.1. The Labute approximate surface area is 88.5 Å². The average molecular weight is 213 g/mol. The summed E-state index contributed by atoms with van der Waals surface area (Å²) >= 11 is 0. The summed E-state index contributed by atoms with van der Waals surface area (Å²) < 4.78 is 1.34. The average Bonchev–Trinajstić information content (AvgIpc) is 2.51. The third kappa shape index (κ3) is 4.18. The Kier molecular flexibility index (Phi) is 4.93. The molecule has 0 unspecified atom stereocenters. The SMILES string of the molecule is CCCCCCCCn1[nH]c(=O)[nH]c1=O. The Morgan fingerprint density at radius 2 is 1.73 bits per heavy atom. The molecule has 0 aliphatic heterocycles. The maximum absolute atomic E-state index is 11.1. The number of rotatable bonds is 7. The van der Waals surface area contributed by atoms with Crippen LogP contribution in [-0.2, 0) is 6.54 Å². The smallest absolute Gasteiger partial charge is 0.257 e. The summed E-state index contributed by atoms with van der Waals surface area (Å²) in [5.74, 6) is 0. The van der Waals surface area contributed by atoms with Crippen LogP contribution in [0.4, 0.5) is 0 Å². The van der Waals surface area contributed by atoms with E-state index in [4.69, 9.17) is 0 Å². The summed E-state index contributed by atoms with van der Waals surface area (Å²) in [5.41, 5.74) is -0.764. The molecule has 0 saturated carbocycles. The van der Waals surface area contributed by atoms with Crippen molar-refractivity contribution in [1.82, 2.24) is 14.8 Å². The summed E-state index contributed by atoms with van der Waals surface area (Å²) in [5, 5.41) is 2.44. The molecule has 0 saturated heterocycles. The second-order valence-electron chi connectivity index (χ2n) is 3.79. The third-order valence-electron chi connectivity index (χ3n) is 2.44. The zero-order valence-corrected chi connectivity index (χ0v) is 9.21. The molecule has 0 amide bonds. The van der Waals surface area contributed by atoms with Gasteiger partial charge in [0.2, 0.25) is 0 Å². The molecule has 1 aromatic heterocycles. The number of unbranched alkanes of at least 4 members (excludes halogenated alkanes) is 5. The molecule has 0 aromatic carbocycles. The number of hydrogen-bond donors (Lipinski definition) is 2. The fourth-order valence-electron chi connectivity index (χ4n) is 1.57. The molecular weight excluding hydrogens is 194 g/mol. The van der Waals surface area contributed by atoms with Crippen molar-refractivity contribution in [1.29, 1.82) is 0 Å². The normalized spacial score (nSPS) is 10.7. The molecule has 5 heteroatoms. The molecule has 0 atom stereocenters. The van der Waals surface area contributed by atoms with Crippen LogP contribution in [0.15, 0.2) is 9.59 Å². The van der Waals surface area contributed by atoms with Crippen molar-refractivity contribution in [3.8, 4) is 0 Å². The first-order chi connectivity index (χ1) is 7.24. The van der Waals surface area contributed by atoms with Crippen molar-refractivity contribution in [3.05, 3.63) is 21.0 Å². The van der Waals surface area contributed by atoms with Gasteiger partial charge in [0, 0.05) is 6.54 Å². The first-order valence-electron chi connectivity index (χ1n) is 5.63. The van der Waals surface area contributed by atoms with Gasteiger partial charge in [-0.15, -0.1) is 0 Å². The number of nitrogens with zero attached hydrogens (tertiary/aromatic N) is 1. The Morgan fingerprint density at radius 3 is 2.33 bits per heavy atom. The maximum atomic E-state index is 11.1. The van der Waals surface area contributed by atoms with Crippen LogP contribution in [0, 0.1) is 0 Å². The largest absolute Gasteiger partial charge is 0.344 e. The van der Waals surface area contributed by atoms with Crippen molar-refractivity contribution in [2.45, 2.75) is 52.0 Å². The van der Waals surface area contributed by atoms with E-state index in [2.05, 4.69) is 17.0 Å². The predicted molar refractivity (Wildman–Crippen MR) is 59.0 cm³/mol. The van der Waals surface area contributed by atoms with Crippen molar-refractivity contribution < 1.29 is 0 Å².